The Morgan fingerprint density at radius 3 is 3.06 bits per heavy atom. The second-order valence-corrected chi connectivity index (χ2v) is 5.81. The maximum Gasteiger partial charge on any atom is 0.165 e. The van der Waals surface area contributed by atoms with Gasteiger partial charge in [0.2, 0.25) is 0 Å². The number of rotatable bonds is 0. The summed E-state index contributed by atoms with van der Waals surface area (Å²) in [6.07, 6.45) is 4.29. The molecule has 3 rings (SSSR count). The minimum absolute atomic E-state index is 0.189. The van der Waals surface area contributed by atoms with Gasteiger partial charge in [0.15, 0.2) is 5.78 Å². The molecule has 2 atom stereocenters. The first-order valence-corrected chi connectivity index (χ1v) is 6.31. The highest BCUT2D eigenvalue weighted by Gasteiger charge is 2.46. The fraction of sp³-hybridized carbons (Fsp3) is 0.500. The maximum absolute atomic E-state index is 12.2. The molecule has 0 spiro atoms. The SMILES string of the molecule is C[C@]12CCC[C@H]1c1cccc(Cl)c1C(=O)C2. The normalized spacial score (nSPS) is 32.4. The van der Waals surface area contributed by atoms with E-state index in [2.05, 4.69) is 13.0 Å². The van der Waals surface area contributed by atoms with E-state index in [4.69, 9.17) is 11.6 Å². The van der Waals surface area contributed by atoms with Gasteiger partial charge in [-0.1, -0.05) is 37.1 Å². The number of hydrogen-bond acceptors (Lipinski definition) is 1. The van der Waals surface area contributed by atoms with Crippen LogP contribution in [0.3, 0.4) is 0 Å². The first-order valence-electron chi connectivity index (χ1n) is 5.93. The molecule has 1 nitrogen and oxygen atoms in total. The molecule has 1 saturated carbocycles. The summed E-state index contributed by atoms with van der Waals surface area (Å²) in [7, 11) is 0. The second kappa shape index (κ2) is 3.33. The van der Waals surface area contributed by atoms with Crippen molar-refractivity contribution in [3.05, 3.63) is 34.3 Å². The van der Waals surface area contributed by atoms with Gasteiger partial charge in [-0.3, -0.25) is 4.79 Å². The van der Waals surface area contributed by atoms with Gasteiger partial charge >= 0.3 is 0 Å². The summed E-state index contributed by atoms with van der Waals surface area (Å²) in [5, 5.41) is 0.636. The van der Waals surface area contributed by atoms with Crippen molar-refractivity contribution in [3.63, 3.8) is 0 Å². The highest BCUT2D eigenvalue weighted by molar-refractivity contribution is 6.34. The Bertz CT molecular complexity index is 466. The van der Waals surface area contributed by atoms with Crippen molar-refractivity contribution in [1.82, 2.24) is 0 Å². The molecule has 1 aromatic carbocycles. The lowest BCUT2D eigenvalue weighted by molar-refractivity contribution is 0.0886. The fourth-order valence-corrected chi connectivity index (χ4v) is 3.84. The predicted molar refractivity (Wildman–Crippen MR) is 65.1 cm³/mol. The van der Waals surface area contributed by atoms with Crippen molar-refractivity contribution in [1.29, 1.82) is 0 Å². The van der Waals surface area contributed by atoms with Crippen LogP contribution < -0.4 is 0 Å². The summed E-state index contributed by atoms with van der Waals surface area (Å²) >= 11 is 6.15. The third-order valence-corrected chi connectivity index (χ3v) is 4.66. The molecular formula is C14H15ClO. The molecule has 2 heteroatoms. The Morgan fingerprint density at radius 1 is 1.44 bits per heavy atom. The molecule has 0 aromatic heterocycles. The number of benzene rings is 1. The smallest absolute Gasteiger partial charge is 0.165 e. The van der Waals surface area contributed by atoms with Crippen molar-refractivity contribution < 1.29 is 4.79 Å². The van der Waals surface area contributed by atoms with E-state index < -0.39 is 0 Å². The minimum Gasteiger partial charge on any atom is -0.294 e. The fourth-order valence-electron chi connectivity index (χ4n) is 3.56. The lowest BCUT2D eigenvalue weighted by atomic mass is 9.66. The number of carbonyl (C=O) groups excluding carboxylic acids is 1. The summed E-state index contributed by atoms with van der Waals surface area (Å²) in [6.45, 7) is 2.26. The molecule has 0 heterocycles. The van der Waals surface area contributed by atoms with Crippen molar-refractivity contribution in [3.8, 4) is 0 Å². The van der Waals surface area contributed by atoms with E-state index in [0.717, 1.165) is 5.56 Å². The molecular weight excluding hydrogens is 220 g/mol. The topological polar surface area (TPSA) is 17.1 Å². The van der Waals surface area contributed by atoms with Crippen LogP contribution in [0.25, 0.3) is 0 Å². The van der Waals surface area contributed by atoms with E-state index in [1.807, 2.05) is 12.1 Å². The number of halogens is 1. The first kappa shape index (κ1) is 10.3. The average Bonchev–Trinajstić information content (AvgIpc) is 2.59. The number of fused-ring (bicyclic) bond motifs is 3. The van der Waals surface area contributed by atoms with Crippen LogP contribution in [0.4, 0.5) is 0 Å². The first-order chi connectivity index (χ1) is 7.62. The zero-order valence-electron chi connectivity index (χ0n) is 9.42. The Labute approximate surface area is 101 Å². The Kier molecular flexibility index (Phi) is 2.16. The van der Waals surface area contributed by atoms with Crippen LogP contribution in [0.15, 0.2) is 18.2 Å². The third-order valence-electron chi connectivity index (χ3n) is 4.35. The predicted octanol–water partition coefficient (Wildman–Crippen LogP) is 4.20. The molecule has 1 aromatic rings. The van der Waals surface area contributed by atoms with Gasteiger partial charge in [0.25, 0.3) is 0 Å². The largest absolute Gasteiger partial charge is 0.294 e. The van der Waals surface area contributed by atoms with E-state index in [1.54, 1.807) is 0 Å². The summed E-state index contributed by atoms with van der Waals surface area (Å²) in [5.74, 6) is 0.778. The average molecular weight is 235 g/mol. The summed E-state index contributed by atoms with van der Waals surface area (Å²) < 4.78 is 0. The molecule has 0 saturated heterocycles. The van der Waals surface area contributed by atoms with Crippen LogP contribution >= 0.6 is 11.6 Å². The van der Waals surface area contributed by atoms with Crippen LogP contribution in [0.2, 0.25) is 5.02 Å². The van der Waals surface area contributed by atoms with Crippen LogP contribution in [0, 0.1) is 5.41 Å². The molecule has 1 fully saturated rings. The standard InChI is InChI=1S/C14H15ClO/c1-14-7-3-5-10(14)9-4-2-6-11(15)13(9)12(16)8-14/h2,4,6,10H,3,5,7-8H2,1H3/t10-,14+/m0/s1. The van der Waals surface area contributed by atoms with Gasteiger partial charge in [0.1, 0.15) is 0 Å². The van der Waals surface area contributed by atoms with Crippen LogP contribution in [0.5, 0.6) is 0 Å². The lowest BCUT2D eigenvalue weighted by Crippen LogP contribution is -2.30. The molecule has 0 amide bonds. The molecule has 0 N–H and O–H groups in total. The third kappa shape index (κ3) is 1.27. The highest BCUT2D eigenvalue weighted by atomic mass is 35.5. The van der Waals surface area contributed by atoms with Crippen molar-refractivity contribution in [2.75, 3.05) is 0 Å². The van der Waals surface area contributed by atoms with Gasteiger partial charge in [-0.25, -0.2) is 0 Å². The van der Waals surface area contributed by atoms with Crippen LogP contribution in [-0.2, 0) is 0 Å². The quantitative estimate of drug-likeness (QED) is 0.658. The maximum atomic E-state index is 12.2. The van der Waals surface area contributed by atoms with E-state index in [0.29, 0.717) is 17.4 Å². The Balaban J connectivity index is 2.22. The zero-order chi connectivity index (χ0) is 11.3. The number of carbonyl (C=O) groups is 1. The zero-order valence-corrected chi connectivity index (χ0v) is 10.2. The summed E-state index contributed by atoms with van der Waals surface area (Å²) in [5.41, 5.74) is 2.19. The van der Waals surface area contributed by atoms with Gasteiger partial charge in [-0.05, 0) is 35.8 Å². The molecule has 0 unspecified atom stereocenters. The van der Waals surface area contributed by atoms with Crippen molar-refractivity contribution in [2.24, 2.45) is 5.41 Å². The molecule has 2 aliphatic carbocycles. The van der Waals surface area contributed by atoms with E-state index in [9.17, 15) is 4.79 Å². The van der Waals surface area contributed by atoms with Gasteiger partial charge in [-0.2, -0.15) is 0 Å². The monoisotopic (exact) mass is 234 g/mol. The van der Waals surface area contributed by atoms with Crippen LogP contribution in [0.1, 0.15) is 54.4 Å². The lowest BCUT2D eigenvalue weighted by Gasteiger charge is -2.37. The minimum atomic E-state index is 0.189. The van der Waals surface area contributed by atoms with Crippen molar-refractivity contribution in [2.45, 2.75) is 38.5 Å². The molecule has 2 aliphatic rings. The van der Waals surface area contributed by atoms with Gasteiger partial charge in [0, 0.05) is 12.0 Å². The van der Waals surface area contributed by atoms with E-state index in [1.165, 1.54) is 24.8 Å². The van der Waals surface area contributed by atoms with Crippen molar-refractivity contribution >= 4 is 17.4 Å². The van der Waals surface area contributed by atoms with Gasteiger partial charge in [-0.15, -0.1) is 0 Å². The summed E-state index contributed by atoms with van der Waals surface area (Å²) in [4.78, 5) is 12.2. The molecule has 0 bridgehead atoms. The molecule has 84 valence electrons. The molecule has 16 heavy (non-hydrogen) atoms. The van der Waals surface area contributed by atoms with E-state index >= 15 is 0 Å². The Hall–Kier alpha value is -0.820. The molecule has 0 radical (unpaired) electrons. The summed E-state index contributed by atoms with van der Waals surface area (Å²) in [6, 6.07) is 5.89. The Morgan fingerprint density at radius 2 is 2.25 bits per heavy atom. The van der Waals surface area contributed by atoms with Crippen LogP contribution in [-0.4, -0.2) is 5.78 Å². The second-order valence-electron chi connectivity index (χ2n) is 5.40. The number of hydrogen-bond donors (Lipinski definition) is 0. The number of Topliss-reactive ketones (excluding diaryl/α,β-unsaturated/α-hetero) is 1. The van der Waals surface area contributed by atoms with Gasteiger partial charge in [0.05, 0.1) is 5.02 Å². The molecule has 0 aliphatic heterocycles. The highest BCUT2D eigenvalue weighted by Crippen LogP contribution is 2.56. The van der Waals surface area contributed by atoms with Gasteiger partial charge < -0.3 is 0 Å². The van der Waals surface area contributed by atoms with E-state index in [-0.39, 0.29) is 11.2 Å². The number of ketones is 1.